The minimum absolute atomic E-state index is 0.000725. The Kier molecular flexibility index (Phi) is 4.93. The summed E-state index contributed by atoms with van der Waals surface area (Å²) in [7, 11) is 0. The second kappa shape index (κ2) is 7.14. The third kappa shape index (κ3) is 4.50. The van der Waals surface area contributed by atoms with Crippen LogP contribution in [0.4, 0.5) is 17.6 Å². The molecule has 3 N–H and O–H groups in total. The average Bonchev–Trinajstić information content (AvgIpc) is 3.05. The Balaban J connectivity index is 1.72. The summed E-state index contributed by atoms with van der Waals surface area (Å²) in [5.74, 6) is 1.82. The zero-order valence-corrected chi connectivity index (χ0v) is 15.8. The van der Waals surface area contributed by atoms with E-state index in [0.717, 1.165) is 15.9 Å². The van der Waals surface area contributed by atoms with Gasteiger partial charge in [0.25, 0.3) is 0 Å². The van der Waals surface area contributed by atoms with Gasteiger partial charge in [0.05, 0.1) is 22.9 Å². The average molecular weight is 403 g/mol. The number of nitrogens with one attached hydrogen (secondary N) is 3. The van der Waals surface area contributed by atoms with Crippen LogP contribution in [0, 0.1) is 0 Å². The van der Waals surface area contributed by atoms with E-state index >= 15 is 0 Å². The summed E-state index contributed by atoms with van der Waals surface area (Å²) in [6.45, 7) is 6.86. The van der Waals surface area contributed by atoms with E-state index in [4.69, 9.17) is 0 Å². The molecule has 0 aliphatic rings. The van der Waals surface area contributed by atoms with E-state index in [1.165, 1.54) is 0 Å². The number of aromatic nitrogens is 6. The molecule has 3 aromatic heterocycles. The number of aromatic amines is 1. The van der Waals surface area contributed by atoms with E-state index in [9.17, 15) is 0 Å². The lowest BCUT2D eigenvalue weighted by atomic mass is 9.92. The minimum atomic E-state index is -0.000725. The first-order valence-electron chi connectivity index (χ1n) is 7.76. The molecule has 3 aromatic rings. The lowest BCUT2D eigenvalue weighted by Crippen LogP contribution is -2.11. The second-order valence-corrected chi connectivity index (χ2v) is 7.34. The molecule has 3 rings (SSSR count). The van der Waals surface area contributed by atoms with Crippen LogP contribution in [0.15, 0.2) is 35.3 Å². The molecule has 0 radical (unpaired) electrons. The number of hydrogen-bond acceptors (Lipinski definition) is 7. The highest BCUT2D eigenvalue weighted by Gasteiger charge is 2.17. The third-order valence-corrected chi connectivity index (χ3v) is 4.00. The Bertz CT molecular complexity index is 841. The molecular weight excluding hydrogens is 384 g/mol. The summed E-state index contributed by atoms with van der Waals surface area (Å²) in [4.78, 5) is 17.0. The first kappa shape index (κ1) is 17.3. The van der Waals surface area contributed by atoms with Crippen molar-refractivity contribution in [3.63, 3.8) is 0 Å². The van der Waals surface area contributed by atoms with Crippen LogP contribution in [-0.2, 0) is 12.0 Å². The molecule has 0 spiro atoms. The highest BCUT2D eigenvalue weighted by Crippen LogP contribution is 2.26. The van der Waals surface area contributed by atoms with Gasteiger partial charge in [-0.25, -0.2) is 4.98 Å². The molecule has 0 fully saturated rings. The van der Waals surface area contributed by atoms with Gasteiger partial charge in [-0.2, -0.15) is 10.1 Å². The van der Waals surface area contributed by atoms with E-state index < -0.39 is 0 Å². The normalized spacial score (nSPS) is 11.4. The van der Waals surface area contributed by atoms with Crippen LogP contribution in [0.2, 0.25) is 0 Å². The van der Waals surface area contributed by atoms with Crippen molar-refractivity contribution in [2.24, 2.45) is 0 Å². The van der Waals surface area contributed by atoms with Gasteiger partial charge in [0, 0.05) is 35.8 Å². The maximum absolute atomic E-state index is 4.47. The lowest BCUT2D eigenvalue weighted by molar-refractivity contribution is 0.567. The number of H-pyrrole nitrogens is 1. The van der Waals surface area contributed by atoms with E-state index in [0.29, 0.717) is 24.1 Å². The maximum atomic E-state index is 4.47. The van der Waals surface area contributed by atoms with E-state index in [2.05, 4.69) is 77.5 Å². The van der Waals surface area contributed by atoms with E-state index in [1.54, 1.807) is 24.8 Å². The van der Waals surface area contributed by atoms with E-state index in [1.807, 2.05) is 6.07 Å². The number of anilines is 3. The van der Waals surface area contributed by atoms with Gasteiger partial charge in [0.15, 0.2) is 11.6 Å². The second-order valence-electron chi connectivity index (χ2n) is 6.48. The molecule has 0 amide bonds. The van der Waals surface area contributed by atoms with Gasteiger partial charge >= 0.3 is 0 Å². The number of rotatable bonds is 5. The van der Waals surface area contributed by atoms with Gasteiger partial charge in [0.2, 0.25) is 5.95 Å². The summed E-state index contributed by atoms with van der Waals surface area (Å²) < 4.78 is 0.748. The van der Waals surface area contributed by atoms with Crippen LogP contribution in [0.1, 0.15) is 32.2 Å². The molecule has 0 saturated heterocycles. The van der Waals surface area contributed by atoms with Crippen LogP contribution in [-0.4, -0.2) is 30.1 Å². The Morgan fingerprint density at radius 3 is 2.68 bits per heavy atom. The van der Waals surface area contributed by atoms with Crippen molar-refractivity contribution in [3.05, 3.63) is 46.7 Å². The SMILES string of the molecule is CC(C)(C)c1cc(Nc2nc(NCc3cnccn3)ncc2Br)n[nH]1. The molecule has 0 atom stereocenters. The first-order chi connectivity index (χ1) is 11.9. The molecule has 25 heavy (non-hydrogen) atoms. The Hall–Kier alpha value is -2.55. The summed E-state index contributed by atoms with van der Waals surface area (Å²) in [6, 6.07) is 1.97. The van der Waals surface area contributed by atoms with Crippen molar-refractivity contribution in [1.82, 2.24) is 30.1 Å². The fourth-order valence-electron chi connectivity index (χ4n) is 2.02. The Labute approximate surface area is 154 Å². The summed E-state index contributed by atoms with van der Waals surface area (Å²) >= 11 is 3.45. The van der Waals surface area contributed by atoms with Crippen molar-refractivity contribution in [3.8, 4) is 0 Å². The van der Waals surface area contributed by atoms with Gasteiger partial charge in [-0.3, -0.25) is 15.1 Å². The molecule has 0 bridgehead atoms. The van der Waals surface area contributed by atoms with Crippen LogP contribution in [0.5, 0.6) is 0 Å². The van der Waals surface area contributed by atoms with Crippen molar-refractivity contribution in [1.29, 1.82) is 0 Å². The van der Waals surface area contributed by atoms with Crippen molar-refractivity contribution >= 4 is 33.5 Å². The van der Waals surface area contributed by atoms with Gasteiger partial charge in [-0.15, -0.1) is 0 Å². The maximum Gasteiger partial charge on any atom is 0.225 e. The zero-order chi connectivity index (χ0) is 17.9. The Morgan fingerprint density at radius 1 is 1.16 bits per heavy atom. The molecule has 8 nitrogen and oxygen atoms in total. The van der Waals surface area contributed by atoms with Gasteiger partial charge in [0.1, 0.15) is 0 Å². The zero-order valence-electron chi connectivity index (χ0n) is 14.2. The van der Waals surface area contributed by atoms with Crippen LogP contribution >= 0.6 is 15.9 Å². The highest BCUT2D eigenvalue weighted by molar-refractivity contribution is 9.10. The van der Waals surface area contributed by atoms with Crippen molar-refractivity contribution in [2.45, 2.75) is 32.7 Å². The lowest BCUT2D eigenvalue weighted by Gasteiger charge is -2.14. The number of nitrogens with zero attached hydrogens (tertiary/aromatic N) is 5. The third-order valence-electron chi connectivity index (χ3n) is 3.42. The monoisotopic (exact) mass is 402 g/mol. The summed E-state index contributed by atoms with van der Waals surface area (Å²) in [6.07, 6.45) is 6.67. The minimum Gasteiger partial charge on any atom is -0.348 e. The largest absolute Gasteiger partial charge is 0.348 e. The molecule has 130 valence electrons. The quantitative estimate of drug-likeness (QED) is 0.600. The molecule has 0 unspecified atom stereocenters. The number of halogens is 1. The molecular formula is C16H19BrN8. The first-order valence-corrected chi connectivity index (χ1v) is 8.55. The molecule has 0 aliphatic carbocycles. The van der Waals surface area contributed by atoms with Crippen LogP contribution in [0.25, 0.3) is 0 Å². The predicted molar refractivity (Wildman–Crippen MR) is 99.7 cm³/mol. The van der Waals surface area contributed by atoms with Gasteiger partial charge < -0.3 is 10.6 Å². The summed E-state index contributed by atoms with van der Waals surface area (Å²) in [5.41, 5.74) is 1.85. The standard InChI is InChI=1S/C16H19BrN8/c1-16(2,3)12-6-13(25-24-12)22-14-11(17)9-21-15(23-14)20-8-10-7-18-4-5-19-10/h4-7,9H,8H2,1-3H3,(H3,20,21,22,23,24,25). The van der Waals surface area contributed by atoms with Crippen LogP contribution in [0.3, 0.4) is 0 Å². The fraction of sp³-hybridized carbons (Fsp3) is 0.312. The summed E-state index contributed by atoms with van der Waals surface area (Å²) in [5, 5.41) is 13.7. The van der Waals surface area contributed by atoms with Gasteiger partial charge in [-0.05, 0) is 15.9 Å². The topological polar surface area (TPSA) is 104 Å². The van der Waals surface area contributed by atoms with E-state index in [-0.39, 0.29) is 5.41 Å². The molecule has 0 aromatic carbocycles. The van der Waals surface area contributed by atoms with Crippen LogP contribution < -0.4 is 10.6 Å². The molecule has 3 heterocycles. The predicted octanol–water partition coefficient (Wildman–Crippen LogP) is 3.41. The van der Waals surface area contributed by atoms with Crippen molar-refractivity contribution in [2.75, 3.05) is 10.6 Å². The molecule has 0 saturated carbocycles. The van der Waals surface area contributed by atoms with Gasteiger partial charge in [-0.1, -0.05) is 20.8 Å². The molecule has 0 aliphatic heterocycles. The highest BCUT2D eigenvalue weighted by atomic mass is 79.9. The molecule has 9 heteroatoms. The smallest absolute Gasteiger partial charge is 0.225 e. The number of hydrogen-bond donors (Lipinski definition) is 3. The fourth-order valence-corrected chi connectivity index (χ4v) is 2.31. The Morgan fingerprint density at radius 2 is 2.00 bits per heavy atom. The van der Waals surface area contributed by atoms with Crippen molar-refractivity contribution < 1.29 is 0 Å².